The van der Waals surface area contributed by atoms with Gasteiger partial charge >= 0.3 is 0 Å². The lowest BCUT2D eigenvalue weighted by Gasteiger charge is -2.08. The molecule has 0 saturated carbocycles. The summed E-state index contributed by atoms with van der Waals surface area (Å²) in [7, 11) is 1.80. The molecule has 2 N–H and O–H groups in total. The number of nitrogens with one attached hydrogen (secondary N) is 2. The number of rotatable bonds is 5. The third kappa shape index (κ3) is 3.57. The minimum atomic E-state index is -0.186. The standard InChI is InChI=1S/C14H19N5O/c1-4-6-15-13-9-11(8-10(2)16-13)14(20)17-12-5-7-19(3)18-12/h5,7-9H,4,6H2,1-3H3,(H,15,16)(H,17,18,20). The first kappa shape index (κ1) is 14.0. The Morgan fingerprint density at radius 1 is 1.35 bits per heavy atom. The Bertz CT molecular complexity index is 605. The summed E-state index contributed by atoms with van der Waals surface area (Å²) in [5.41, 5.74) is 1.37. The lowest BCUT2D eigenvalue weighted by Crippen LogP contribution is -2.14. The van der Waals surface area contributed by atoms with Crippen molar-refractivity contribution in [2.45, 2.75) is 20.3 Å². The fraction of sp³-hybridized carbons (Fsp3) is 0.357. The van der Waals surface area contributed by atoms with Gasteiger partial charge in [0.1, 0.15) is 5.82 Å². The van der Waals surface area contributed by atoms with Gasteiger partial charge in [-0.05, 0) is 25.5 Å². The third-order valence-electron chi connectivity index (χ3n) is 2.73. The molecule has 0 aliphatic carbocycles. The van der Waals surface area contributed by atoms with Gasteiger partial charge in [0, 0.05) is 37.1 Å². The fourth-order valence-electron chi connectivity index (χ4n) is 1.81. The molecule has 0 spiro atoms. The molecular weight excluding hydrogens is 254 g/mol. The molecule has 0 aromatic carbocycles. The van der Waals surface area contributed by atoms with E-state index in [2.05, 4.69) is 27.6 Å². The zero-order valence-corrected chi connectivity index (χ0v) is 12.0. The van der Waals surface area contributed by atoms with Crippen LogP contribution in [0.1, 0.15) is 29.4 Å². The van der Waals surface area contributed by atoms with Gasteiger partial charge in [0.05, 0.1) is 0 Å². The average Bonchev–Trinajstić information content (AvgIpc) is 2.81. The summed E-state index contributed by atoms with van der Waals surface area (Å²) in [6, 6.07) is 5.26. The molecule has 0 radical (unpaired) electrons. The smallest absolute Gasteiger partial charge is 0.257 e. The van der Waals surface area contributed by atoms with Crippen LogP contribution in [0.15, 0.2) is 24.4 Å². The molecule has 6 nitrogen and oxygen atoms in total. The highest BCUT2D eigenvalue weighted by molar-refractivity contribution is 6.04. The third-order valence-corrected chi connectivity index (χ3v) is 2.73. The van der Waals surface area contributed by atoms with E-state index >= 15 is 0 Å². The summed E-state index contributed by atoms with van der Waals surface area (Å²) < 4.78 is 1.64. The molecule has 0 fully saturated rings. The van der Waals surface area contributed by atoms with E-state index in [-0.39, 0.29) is 5.91 Å². The monoisotopic (exact) mass is 273 g/mol. The topological polar surface area (TPSA) is 71.8 Å². The number of hydrogen-bond donors (Lipinski definition) is 2. The van der Waals surface area contributed by atoms with E-state index in [0.717, 1.165) is 24.5 Å². The predicted octanol–water partition coefficient (Wildman–Crippen LogP) is 2.20. The number of pyridine rings is 1. The van der Waals surface area contributed by atoms with Crippen LogP contribution in [0.3, 0.4) is 0 Å². The Morgan fingerprint density at radius 2 is 2.15 bits per heavy atom. The first-order chi connectivity index (χ1) is 9.58. The second-order valence-corrected chi connectivity index (χ2v) is 4.64. The summed E-state index contributed by atoms with van der Waals surface area (Å²) in [6.07, 6.45) is 2.78. The van der Waals surface area contributed by atoms with Crippen LogP contribution in [0, 0.1) is 6.92 Å². The zero-order chi connectivity index (χ0) is 14.5. The van der Waals surface area contributed by atoms with E-state index in [1.807, 2.05) is 6.92 Å². The Balaban J connectivity index is 2.14. The molecule has 106 valence electrons. The molecule has 1 amide bonds. The van der Waals surface area contributed by atoms with E-state index in [4.69, 9.17) is 0 Å². The predicted molar refractivity (Wildman–Crippen MR) is 78.9 cm³/mol. The average molecular weight is 273 g/mol. The summed E-state index contributed by atoms with van der Waals surface area (Å²) in [6.45, 7) is 4.78. The van der Waals surface area contributed by atoms with Crippen LogP contribution in [0.4, 0.5) is 11.6 Å². The largest absolute Gasteiger partial charge is 0.370 e. The van der Waals surface area contributed by atoms with Crippen molar-refractivity contribution in [3.05, 3.63) is 35.7 Å². The highest BCUT2D eigenvalue weighted by atomic mass is 16.1. The van der Waals surface area contributed by atoms with Crippen LogP contribution in [-0.2, 0) is 7.05 Å². The number of anilines is 2. The number of amides is 1. The van der Waals surface area contributed by atoms with Gasteiger partial charge < -0.3 is 10.6 Å². The molecule has 0 aliphatic heterocycles. The van der Waals surface area contributed by atoms with Gasteiger partial charge in [-0.25, -0.2) is 4.98 Å². The van der Waals surface area contributed by atoms with Gasteiger partial charge in [0.2, 0.25) is 0 Å². The lowest BCUT2D eigenvalue weighted by molar-refractivity contribution is 0.102. The molecular formula is C14H19N5O. The van der Waals surface area contributed by atoms with Crippen molar-refractivity contribution >= 4 is 17.5 Å². The Hall–Kier alpha value is -2.37. The molecule has 0 unspecified atom stereocenters. The van der Waals surface area contributed by atoms with Crippen molar-refractivity contribution < 1.29 is 4.79 Å². The zero-order valence-electron chi connectivity index (χ0n) is 12.0. The second-order valence-electron chi connectivity index (χ2n) is 4.64. The van der Waals surface area contributed by atoms with Crippen molar-refractivity contribution in [3.63, 3.8) is 0 Å². The quantitative estimate of drug-likeness (QED) is 0.876. The maximum Gasteiger partial charge on any atom is 0.257 e. The van der Waals surface area contributed by atoms with Crippen LogP contribution in [0.5, 0.6) is 0 Å². The summed E-state index contributed by atoms with van der Waals surface area (Å²) in [5, 5.41) is 10.1. The summed E-state index contributed by atoms with van der Waals surface area (Å²) in [4.78, 5) is 16.5. The number of hydrogen-bond acceptors (Lipinski definition) is 4. The summed E-state index contributed by atoms with van der Waals surface area (Å²) in [5.74, 6) is 1.07. The summed E-state index contributed by atoms with van der Waals surface area (Å²) >= 11 is 0. The van der Waals surface area contributed by atoms with Crippen molar-refractivity contribution in [2.24, 2.45) is 7.05 Å². The number of carbonyl (C=O) groups excluding carboxylic acids is 1. The maximum atomic E-state index is 12.2. The van der Waals surface area contributed by atoms with Crippen molar-refractivity contribution in [2.75, 3.05) is 17.2 Å². The van der Waals surface area contributed by atoms with E-state index in [1.54, 1.807) is 36.1 Å². The molecule has 6 heteroatoms. The van der Waals surface area contributed by atoms with Crippen LogP contribution < -0.4 is 10.6 Å². The highest BCUT2D eigenvalue weighted by Crippen LogP contribution is 2.12. The minimum absolute atomic E-state index is 0.186. The van der Waals surface area contributed by atoms with Gasteiger partial charge in [-0.15, -0.1) is 0 Å². The number of aromatic nitrogens is 3. The molecule has 2 aromatic rings. The molecule has 2 rings (SSSR count). The Labute approximate surface area is 118 Å². The van der Waals surface area contributed by atoms with Gasteiger partial charge in [-0.2, -0.15) is 5.10 Å². The van der Waals surface area contributed by atoms with E-state index in [1.165, 1.54) is 0 Å². The normalized spacial score (nSPS) is 10.3. The maximum absolute atomic E-state index is 12.2. The van der Waals surface area contributed by atoms with Gasteiger partial charge in [0.25, 0.3) is 5.91 Å². The second kappa shape index (κ2) is 6.18. The van der Waals surface area contributed by atoms with Gasteiger partial charge in [-0.1, -0.05) is 6.92 Å². The molecule has 0 aliphatic rings. The number of nitrogens with zero attached hydrogens (tertiary/aromatic N) is 3. The molecule has 0 saturated heterocycles. The molecule has 0 bridgehead atoms. The first-order valence-corrected chi connectivity index (χ1v) is 6.62. The molecule has 0 atom stereocenters. The highest BCUT2D eigenvalue weighted by Gasteiger charge is 2.10. The Kier molecular flexibility index (Phi) is 4.34. The van der Waals surface area contributed by atoms with Gasteiger partial charge in [0.15, 0.2) is 5.82 Å². The van der Waals surface area contributed by atoms with Crippen LogP contribution in [0.2, 0.25) is 0 Å². The van der Waals surface area contributed by atoms with Crippen LogP contribution in [0.25, 0.3) is 0 Å². The Morgan fingerprint density at radius 3 is 2.80 bits per heavy atom. The van der Waals surface area contributed by atoms with Crippen molar-refractivity contribution in [3.8, 4) is 0 Å². The van der Waals surface area contributed by atoms with E-state index in [0.29, 0.717) is 11.4 Å². The van der Waals surface area contributed by atoms with Crippen molar-refractivity contribution in [1.82, 2.24) is 14.8 Å². The SMILES string of the molecule is CCCNc1cc(C(=O)Nc2ccn(C)n2)cc(C)n1. The van der Waals surface area contributed by atoms with Crippen molar-refractivity contribution in [1.29, 1.82) is 0 Å². The number of carbonyl (C=O) groups is 1. The lowest BCUT2D eigenvalue weighted by atomic mass is 10.2. The first-order valence-electron chi connectivity index (χ1n) is 6.62. The molecule has 2 aromatic heterocycles. The fourth-order valence-corrected chi connectivity index (χ4v) is 1.81. The molecule has 20 heavy (non-hydrogen) atoms. The van der Waals surface area contributed by atoms with Crippen LogP contribution in [-0.4, -0.2) is 27.2 Å². The van der Waals surface area contributed by atoms with E-state index in [9.17, 15) is 4.79 Å². The minimum Gasteiger partial charge on any atom is -0.370 e. The van der Waals surface area contributed by atoms with E-state index < -0.39 is 0 Å². The van der Waals surface area contributed by atoms with Gasteiger partial charge in [-0.3, -0.25) is 9.48 Å². The number of aryl methyl sites for hydroxylation is 2. The van der Waals surface area contributed by atoms with Crippen LogP contribution >= 0.6 is 0 Å². The molecule has 2 heterocycles.